The first-order valence-electron chi connectivity index (χ1n) is 7.06. The fourth-order valence-electron chi connectivity index (χ4n) is 2.41. The van der Waals surface area contributed by atoms with Crippen molar-refractivity contribution < 1.29 is 19.1 Å². The molecule has 0 radical (unpaired) electrons. The highest BCUT2D eigenvalue weighted by molar-refractivity contribution is 6.17. The van der Waals surface area contributed by atoms with E-state index in [9.17, 15) is 9.59 Å². The van der Waals surface area contributed by atoms with Crippen molar-refractivity contribution in [2.75, 3.05) is 13.0 Å². The zero-order valence-electron chi connectivity index (χ0n) is 13.1. The van der Waals surface area contributed by atoms with Gasteiger partial charge in [-0.1, -0.05) is 12.2 Å². The third kappa shape index (κ3) is 5.23. The van der Waals surface area contributed by atoms with Crippen LogP contribution in [0.1, 0.15) is 40.0 Å². The average Bonchev–Trinajstić information content (AvgIpc) is 2.77. The zero-order valence-corrected chi connectivity index (χ0v) is 13.8. The van der Waals surface area contributed by atoms with Crippen molar-refractivity contribution in [1.82, 2.24) is 5.32 Å². The minimum absolute atomic E-state index is 0.241. The fourth-order valence-corrected chi connectivity index (χ4v) is 2.54. The summed E-state index contributed by atoms with van der Waals surface area (Å²) in [6.45, 7) is 5.41. The van der Waals surface area contributed by atoms with Crippen LogP contribution in [0.4, 0.5) is 4.79 Å². The second-order valence-electron chi connectivity index (χ2n) is 6.26. The molecule has 1 aliphatic carbocycles. The Labute approximate surface area is 131 Å². The monoisotopic (exact) mass is 317 g/mol. The molecule has 0 aromatic heterocycles. The molecule has 0 saturated heterocycles. The summed E-state index contributed by atoms with van der Waals surface area (Å²) in [5.74, 6) is 0.189. The van der Waals surface area contributed by atoms with Crippen molar-refractivity contribution in [2.24, 2.45) is 5.41 Å². The third-order valence-electron chi connectivity index (χ3n) is 3.28. The van der Waals surface area contributed by atoms with Gasteiger partial charge in [0.2, 0.25) is 0 Å². The van der Waals surface area contributed by atoms with E-state index in [1.807, 2.05) is 12.2 Å². The molecule has 0 saturated carbocycles. The van der Waals surface area contributed by atoms with E-state index in [1.165, 1.54) is 7.11 Å². The van der Waals surface area contributed by atoms with Gasteiger partial charge in [-0.25, -0.2) is 4.79 Å². The van der Waals surface area contributed by atoms with E-state index < -0.39 is 17.1 Å². The number of hydrogen-bond donors (Lipinski definition) is 1. The molecule has 0 unspecified atom stereocenters. The maximum Gasteiger partial charge on any atom is 0.408 e. The van der Waals surface area contributed by atoms with Gasteiger partial charge in [0.05, 0.1) is 18.6 Å². The molecule has 0 bridgehead atoms. The number of amides is 1. The minimum atomic E-state index is -0.705. The van der Waals surface area contributed by atoms with Crippen LogP contribution in [0.3, 0.4) is 0 Å². The van der Waals surface area contributed by atoms with Crippen LogP contribution in [0.5, 0.6) is 0 Å². The molecule has 0 fully saturated rings. The molecule has 1 rings (SSSR count). The fraction of sp³-hybridized carbons (Fsp3) is 0.733. The van der Waals surface area contributed by atoms with Gasteiger partial charge < -0.3 is 14.8 Å². The van der Waals surface area contributed by atoms with E-state index in [-0.39, 0.29) is 12.0 Å². The Morgan fingerprint density at radius 3 is 2.62 bits per heavy atom. The number of ether oxygens (including phenoxy) is 2. The molecular formula is C15H24ClNO4. The van der Waals surface area contributed by atoms with Crippen LogP contribution in [-0.2, 0) is 14.3 Å². The number of methoxy groups -OCH3 is 1. The Bertz CT molecular complexity index is 416. The number of carbonyl (C=O) groups is 2. The summed E-state index contributed by atoms with van der Waals surface area (Å²) in [7, 11) is 1.37. The maximum atomic E-state index is 12.0. The summed E-state index contributed by atoms with van der Waals surface area (Å²) in [6, 6.07) is -0.241. The molecular weight excluding hydrogens is 294 g/mol. The van der Waals surface area contributed by atoms with Gasteiger partial charge in [0.25, 0.3) is 0 Å². The van der Waals surface area contributed by atoms with E-state index >= 15 is 0 Å². The first-order valence-corrected chi connectivity index (χ1v) is 7.59. The topological polar surface area (TPSA) is 64.6 Å². The first-order chi connectivity index (χ1) is 9.72. The summed E-state index contributed by atoms with van der Waals surface area (Å²) >= 11 is 5.72. The normalized spacial score (nSPS) is 24.7. The van der Waals surface area contributed by atoms with Crippen LogP contribution in [0.2, 0.25) is 0 Å². The molecule has 21 heavy (non-hydrogen) atoms. The summed E-state index contributed by atoms with van der Waals surface area (Å²) in [6.07, 6.45) is 4.92. The maximum absolute atomic E-state index is 12.0. The van der Waals surface area contributed by atoms with Crippen molar-refractivity contribution in [2.45, 2.75) is 51.7 Å². The van der Waals surface area contributed by atoms with Crippen LogP contribution >= 0.6 is 11.6 Å². The number of esters is 1. The van der Waals surface area contributed by atoms with Gasteiger partial charge >= 0.3 is 12.1 Å². The molecule has 6 heteroatoms. The van der Waals surface area contributed by atoms with Crippen molar-refractivity contribution in [3.63, 3.8) is 0 Å². The third-order valence-corrected chi connectivity index (χ3v) is 3.55. The average molecular weight is 318 g/mol. The quantitative estimate of drug-likeness (QED) is 0.481. The highest BCUT2D eigenvalue weighted by Gasteiger charge is 2.42. The Hall–Kier alpha value is -1.23. The highest BCUT2D eigenvalue weighted by Crippen LogP contribution is 2.38. The Morgan fingerprint density at radius 2 is 2.10 bits per heavy atom. The lowest BCUT2D eigenvalue weighted by Crippen LogP contribution is -2.40. The Morgan fingerprint density at radius 1 is 1.43 bits per heavy atom. The van der Waals surface area contributed by atoms with Crippen molar-refractivity contribution in [3.05, 3.63) is 12.2 Å². The molecule has 1 aliphatic rings. The van der Waals surface area contributed by atoms with Gasteiger partial charge in [0.1, 0.15) is 5.60 Å². The molecule has 0 aromatic carbocycles. The number of rotatable bonds is 5. The lowest BCUT2D eigenvalue weighted by molar-refractivity contribution is -0.150. The zero-order chi connectivity index (χ0) is 16.1. The molecule has 2 atom stereocenters. The number of alkyl carbamates (subject to hydrolysis) is 1. The SMILES string of the molecule is COC(=O)[C@@]1(CCCCl)C=C[C@@H](NC(=O)OC(C)(C)C)C1. The predicted molar refractivity (Wildman–Crippen MR) is 81.3 cm³/mol. The largest absolute Gasteiger partial charge is 0.468 e. The van der Waals surface area contributed by atoms with E-state index in [0.29, 0.717) is 25.1 Å². The van der Waals surface area contributed by atoms with Crippen LogP contribution in [0.15, 0.2) is 12.2 Å². The molecule has 0 aromatic rings. The number of halogens is 1. The second kappa shape index (κ2) is 7.16. The summed E-state index contributed by atoms with van der Waals surface area (Å²) in [5, 5.41) is 2.76. The van der Waals surface area contributed by atoms with Gasteiger partial charge in [-0.2, -0.15) is 0 Å². The van der Waals surface area contributed by atoms with Gasteiger partial charge in [-0.05, 0) is 40.0 Å². The molecule has 0 heterocycles. The lowest BCUT2D eigenvalue weighted by Gasteiger charge is -2.26. The van der Waals surface area contributed by atoms with E-state index in [1.54, 1.807) is 20.8 Å². The van der Waals surface area contributed by atoms with Crippen molar-refractivity contribution in [3.8, 4) is 0 Å². The van der Waals surface area contributed by atoms with Crippen LogP contribution < -0.4 is 5.32 Å². The van der Waals surface area contributed by atoms with Crippen LogP contribution in [0, 0.1) is 5.41 Å². The Kier molecular flexibility index (Phi) is 6.08. The molecule has 120 valence electrons. The summed E-state index contributed by atoms with van der Waals surface area (Å²) in [5.41, 5.74) is -1.26. The smallest absolute Gasteiger partial charge is 0.408 e. The van der Waals surface area contributed by atoms with E-state index in [2.05, 4.69) is 5.32 Å². The molecule has 5 nitrogen and oxygen atoms in total. The lowest BCUT2D eigenvalue weighted by atomic mass is 9.82. The van der Waals surface area contributed by atoms with E-state index in [4.69, 9.17) is 21.1 Å². The van der Waals surface area contributed by atoms with E-state index in [0.717, 1.165) is 0 Å². The number of hydrogen-bond acceptors (Lipinski definition) is 4. The van der Waals surface area contributed by atoms with Crippen LogP contribution in [-0.4, -0.2) is 36.7 Å². The summed E-state index contributed by atoms with van der Waals surface area (Å²) in [4.78, 5) is 23.8. The second-order valence-corrected chi connectivity index (χ2v) is 6.63. The predicted octanol–water partition coefficient (Wildman–Crippen LogP) is 3.02. The highest BCUT2D eigenvalue weighted by atomic mass is 35.5. The first kappa shape index (κ1) is 17.8. The van der Waals surface area contributed by atoms with Crippen molar-refractivity contribution >= 4 is 23.7 Å². The molecule has 0 spiro atoms. The van der Waals surface area contributed by atoms with Crippen molar-refractivity contribution in [1.29, 1.82) is 0 Å². The summed E-state index contributed by atoms with van der Waals surface area (Å²) < 4.78 is 10.1. The van der Waals surface area contributed by atoms with Gasteiger partial charge in [0, 0.05) is 5.88 Å². The number of alkyl halides is 1. The minimum Gasteiger partial charge on any atom is -0.468 e. The van der Waals surface area contributed by atoms with Gasteiger partial charge in [-0.15, -0.1) is 11.6 Å². The van der Waals surface area contributed by atoms with Gasteiger partial charge in [0.15, 0.2) is 0 Å². The standard InChI is InChI=1S/C15H24ClNO4/c1-14(2,3)21-13(19)17-11-6-8-15(10-11,7-5-9-16)12(18)20-4/h6,8,11H,5,7,9-10H2,1-4H3,(H,17,19)/t11-,15+/m1/s1. The number of carbonyl (C=O) groups excluding carboxylic acids is 2. The molecule has 0 aliphatic heterocycles. The van der Waals surface area contributed by atoms with Crippen LogP contribution in [0.25, 0.3) is 0 Å². The molecule has 1 amide bonds. The number of nitrogens with one attached hydrogen (secondary N) is 1. The van der Waals surface area contributed by atoms with Gasteiger partial charge in [-0.3, -0.25) is 4.79 Å². The Balaban J connectivity index is 2.65. The molecule has 1 N–H and O–H groups in total.